The molecule has 153 valence electrons. The van der Waals surface area contributed by atoms with E-state index in [1.807, 2.05) is 25.7 Å². The molecule has 9 heteroatoms. The third kappa shape index (κ3) is 4.45. The lowest BCUT2D eigenvalue weighted by Gasteiger charge is -2.33. The maximum Gasteiger partial charge on any atom is 0.324 e. The smallest absolute Gasteiger partial charge is 0.324 e. The van der Waals surface area contributed by atoms with Crippen LogP contribution in [0.5, 0.6) is 5.75 Å². The monoisotopic (exact) mass is 410 g/mol. The Balaban J connectivity index is 1.62. The molecule has 0 aliphatic carbocycles. The Hall–Kier alpha value is -2.16. The summed E-state index contributed by atoms with van der Waals surface area (Å²) < 4.78 is 48.9. The van der Waals surface area contributed by atoms with Crippen molar-refractivity contribution >= 4 is 15.9 Å². The number of nitrogens with zero attached hydrogens (tertiary/aromatic N) is 3. The number of anilines is 1. The van der Waals surface area contributed by atoms with Gasteiger partial charge in [-0.25, -0.2) is 12.8 Å². The fourth-order valence-corrected chi connectivity index (χ4v) is 3.95. The van der Waals surface area contributed by atoms with Gasteiger partial charge in [-0.15, -0.1) is 0 Å². The van der Waals surface area contributed by atoms with Crippen LogP contribution in [-0.4, -0.2) is 44.0 Å². The first-order valence-electron chi connectivity index (χ1n) is 9.31. The third-order valence-electron chi connectivity index (χ3n) is 5.00. The number of piperidine rings is 1. The van der Waals surface area contributed by atoms with Crippen molar-refractivity contribution in [1.29, 1.82) is 0 Å². The van der Waals surface area contributed by atoms with Gasteiger partial charge in [0.1, 0.15) is 4.90 Å². The largest absolute Gasteiger partial charge is 0.487 e. The summed E-state index contributed by atoms with van der Waals surface area (Å²) in [5.74, 6) is 0.142. The summed E-state index contributed by atoms with van der Waals surface area (Å²) in [7, 11) is -3.68. The van der Waals surface area contributed by atoms with Crippen molar-refractivity contribution in [2.24, 2.45) is 5.92 Å². The second kappa shape index (κ2) is 8.06. The summed E-state index contributed by atoms with van der Waals surface area (Å²) in [4.78, 5) is 6.07. The van der Waals surface area contributed by atoms with E-state index in [0.29, 0.717) is 11.8 Å². The van der Waals surface area contributed by atoms with Gasteiger partial charge in [0.25, 0.3) is 0 Å². The SMILES string of the molecule is CC(C)c1noc(N2CCC([C@@H](C)Oc3c[c]cc(S(C)(=O)=O)c3F)CC2)n1. The van der Waals surface area contributed by atoms with E-state index < -0.39 is 20.5 Å². The van der Waals surface area contributed by atoms with Gasteiger partial charge in [0, 0.05) is 25.3 Å². The number of benzene rings is 1. The fraction of sp³-hybridized carbons (Fsp3) is 0.579. The van der Waals surface area contributed by atoms with Gasteiger partial charge in [-0.05, 0) is 43.9 Å². The summed E-state index contributed by atoms with van der Waals surface area (Å²) in [6, 6.07) is 5.63. The van der Waals surface area contributed by atoms with Crippen molar-refractivity contribution in [3.63, 3.8) is 0 Å². The number of halogens is 1. The Morgan fingerprint density at radius 3 is 2.54 bits per heavy atom. The van der Waals surface area contributed by atoms with E-state index in [0.717, 1.165) is 38.3 Å². The number of hydrogen-bond donors (Lipinski definition) is 0. The maximum atomic E-state index is 14.5. The van der Waals surface area contributed by atoms with Crippen LogP contribution in [-0.2, 0) is 9.84 Å². The van der Waals surface area contributed by atoms with Crippen molar-refractivity contribution in [2.45, 2.75) is 50.5 Å². The van der Waals surface area contributed by atoms with Crippen LogP contribution in [0.2, 0.25) is 0 Å². The highest BCUT2D eigenvalue weighted by molar-refractivity contribution is 7.90. The first-order valence-corrected chi connectivity index (χ1v) is 11.2. The highest BCUT2D eigenvalue weighted by Gasteiger charge is 2.29. The van der Waals surface area contributed by atoms with Crippen LogP contribution in [0.15, 0.2) is 21.6 Å². The van der Waals surface area contributed by atoms with E-state index in [-0.39, 0.29) is 23.7 Å². The highest BCUT2D eigenvalue weighted by atomic mass is 32.2. The Kier molecular flexibility index (Phi) is 5.92. The topological polar surface area (TPSA) is 85.5 Å². The summed E-state index contributed by atoms with van der Waals surface area (Å²) >= 11 is 0. The lowest BCUT2D eigenvalue weighted by Crippen LogP contribution is -2.39. The lowest BCUT2D eigenvalue weighted by molar-refractivity contribution is 0.126. The molecule has 1 aliphatic rings. The van der Waals surface area contributed by atoms with E-state index in [1.165, 1.54) is 6.07 Å². The molecule has 1 fully saturated rings. The molecule has 0 spiro atoms. The molecule has 0 amide bonds. The number of hydrogen-bond acceptors (Lipinski definition) is 7. The summed E-state index contributed by atoms with van der Waals surface area (Å²) in [6.45, 7) is 7.35. The van der Waals surface area contributed by atoms with Gasteiger partial charge < -0.3 is 14.2 Å². The fourth-order valence-electron chi connectivity index (χ4n) is 3.24. The number of sulfone groups is 1. The molecule has 1 radical (unpaired) electrons. The van der Waals surface area contributed by atoms with Crippen molar-refractivity contribution in [3.8, 4) is 5.75 Å². The van der Waals surface area contributed by atoms with Crippen LogP contribution >= 0.6 is 0 Å². The highest BCUT2D eigenvalue weighted by Crippen LogP contribution is 2.30. The normalized spacial score (nSPS) is 17.1. The van der Waals surface area contributed by atoms with Gasteiger partial charge in [-0.3, -0.25) is 0 Å². The maximum absolute atomic E-state index is 14.5. The van der Waals surface area contributed by atoms with Crippen LogP contribution in [0.3, 0.4) is 0 Å². The lowest BCUT2D eigenvalue weighted by atomic mass is 9.92. The van der Waals surface area contributed by atoms with E-state index in [4.69, 9.17) is 9.26 Å². The molecule has 2 aromatic rings. The van der Waals surface area contributed by atoms with Gasteiger partial charge in [0.15, 0.2) is 27.2 Å². The van der Waals surface area contributed by atoms with Crippen molar-refractivity contribution < 1.29 is 22.1 Å². The number of ether oxygens (including phenoxy) is 1. The minimum atomic E-state index is -3.68. The molecule has 28 heavy (non-hydrogen) atoms. The Labute approximate surface area is 164 Å². The standard InChI is InChI=1S/C19H25FN3O4S/c1-12(2)18-21-19(27-22-18)23-10-8-14(9-11-23)13(3)26-15-6-5-7-16(17(15)20)28(4,24)25/h6-7,12-14H,8-11H2,1-4H3/t13-/m1/s1. The zero-order valence-electron chi connectivity index (χ0n) is 16.5. The summed E-state index contributed by atoms with van der Waals surface area (Å²) in [5, 5.41) is 3.99. The molecule has 1 aromatic carbocycles. The molecule has 0 bridgehead atoms. The third-order valence-corrected chi connectivity index (χ3v) is 6.09. The Morgan fingerprint density at radius 1 is 1.29 bits per heavy atom. The average Bonchev–Trinajstić information content (AvgIpc) is 3.13. The van der Waals surface area contributed by atoms with Gasteiger partial charge in [-0.2, -0.15) is 4.98 Å². The van der Waals surface area contributed by atoms with Crippen molar-refractivity contribution in [2.75, 3.05) is 24.2 Å². The second-order valence-corrected chi connectivity index (χ2v) is 9.49. The van der Waals surface area contributed by atoms with Crippen LogP contribution in [0.4, 0.5) is 10.4 Å². The van der Waals surface area contributed by atoms with E-state index >= 15 is 0 Å². The Morgan fingerprint density at radius 2 is 1.96 bits per heavy atom. The average molecular weight is 410 g/mol. The van der Waals surface area contributed by atoms with E-state index in [1.54, 1.807) is 0 Å². The minimum absolute atomic E-state index is 0.0867. The molecular weight excluding hydrogens is 385 g/mol. The molecule has 0 N–H and O–H groups in total. The van der Waals surface area contributed by atoms with Gasteiger partial charge >= 0.3 is 6.01 Å². The molecule has 1 saturated heterocycles. The van der Waals surface area contributed by atoms with Crippen LogP contribution in [0, 0.1) is 17.8 Å². The van der Waals surface area contributed by atoms with E-state index in [2.05, 4.69) is 16.2 Å². The van der Waals surface area contributed by atoms with Crippen molar-refractivity contribution in [3.05, 3.63) is 29.8 Å². The summed E-state index contributed by atoms with van der Waals surface area (Å²) in [5.41, 5.74) is 0. The van der Waals surface area contributed by atoms with Crippen LogP contribution in [0.25, 0.3) is 0 Å². The minimum Gasteiger partial charge on any atom is -0.487 e. The molecule has 7 nitrogen and oxygen atoms in total. The molecule has 2 heterocycles. The quantitative estimate of drug-likeness (QED) is 0.723. The predicted molar refractivity (Wildman–Crippen MR) is 102 cm³/mol. The molecule has 1 aromatic heterocycles. The first-order chi connectivity index (χ1) is 13.2. The zero-order valence-corrected chi connectivity index (χ0v) is 17.3. The molecule has 0 unspecified atom stereocenters. The molecular formula is C19H25FN3O4S. The Bertz CT molecular complexity index is 921. The van der Waals surface area contributed by atoms with E-state index in [9.17, 15) is 12.8 Å². The van der Waals surface area contributed by atoms with Gasteiger partial charge in [0.05, 0.1) is 6.10 Å². The predicted octanol–water partition coefficient (Wildman–Crippen LogP) is 3.22. The van der Waals surface area contributed by atoms with Crippen LogP contribution in [0.1, 0.15) is 45.4 Å². The van der Waals surface area contributed by atoms with Crippen LogP contribution < -0.4 is 9.64 Å². The second-order valence-electron chi connectivity index (χ2n) is 7.51. The molecule has 1 atom stereocenters. The number of aromatic nitrogens is 2. The molecule has 1 aliphatic heterocycles. The molecule has 0 saturated carbocycles. The number of rotatable bonds is 6. The summed E-state index contributed by atoms with van der Waals surface area (Å²) in [6.07, 6.45) is 2.33. The van der Waals surface area contributed by atoms with Crippen molar-refractivity contribution in [1.82, 2.24) is 10.1 Å². The van der Waals surface area contributed by atoms with Gasteiger partial charge in [-0.1, -0.05) is 19.0 Å². The van der Waals surface area contributed by atoms with Gasteiger partial charge in [0.2, 0.25) is 0 Å². The first kappa shape index (κ1) is 20.6. The zero-order chi connectivity index (χ0) is 20.5. The molecule has 3 rings (SSSR count).